The zero-order chi connectivity index (χ0) is 12.1. The molecular formula is C13H19NO2S. The molecule has 0 saturated carbocycles. The second-order valence-corrected chi connectivity index (χ2v) is 5.31. The van der Waals surface area contributed by atoms with Crippen LogP contribution in [0.2, 0.25) is 0 Å². The Morgan fingerprint density at radius 3 is 3.06 bits per heavy atom. The van der Waals surface area contributed by atoms with E-state index in [0.717, 1.165) is 35.8 Å². The van der Waals surface area contributed by atoms with Gasteiger partial charge in [0.15, 0.2) is 0 Å². The lowest BCUT2D eigenvalue weighted by molar-refractivity contribution is 0.0570. The number of hydrogen-bond donors (Lipinski definition) is 1. The summed E-state index contributed by atoms with van der Waals surface area (Å²) in [6, 6.07) is 8.06. The summed E-state index contributed by atoms with van der Waals surface area (Å²) in [7, 11) is 1.69. The summed E-state index contributed by atoms with van der Waals surface area (Å²) in [5.74, 6) is 2.99. The molecule has 1 aromatic rings. The smallest absolute Gasteiger partial charge is 0.122 e. The maximum absolute atomic E-state index is 6.21. The average molecular weight is 253 g/mol. The first kappa shape index (κ1) is 12.7. The number of benzene rings is 1. The highest BCUT2D eigenvalue weighted by molar-refractivity contribution is 7.99. The van der Waals surface area contributed by atoms with Crippen LogP contribution >= 0.6 is 11.8 Å². The number of thioether (sulfide) groups is 1. The summed E-state index contributed by atoms with van der Waals surface area (Å²) < 4.78 is 11.0. The molecule has 2 unspecified atom stereocenters. The van der Waals surface area contributed by atoms with Gasteiger partial charge in [0, 0.05) is 17.5 Å². The van der Waals surface area contributed by atoms with E-state index in [1.807, 2.05) is 30.0 Å². The second kappa shape index (κ2) is 6.28. The zero-order valence-electron chi connectivity index (χ0n) is 10.1. The van der Waals surface area contributed by atoms with Crippen LogP contribution in [0.4, 0.5) is 0 Å². The molecule has 0 aliphatic carbocycles. The largest absolute Gasteiger partial charge is 0.496 e. The number of nitrogens with two attached hydrogens (primary N) is 1. The fourth-order valence-corrected chi connectivity index (χ4v) is 2.97. The average Bonchev–Trinajstić information content (AvgIpc) is 2.40. The first-order valence-corrected chi connectivity index (χ1v) is 7.03. The summed E-state index contributed by atoms with van der Waals surface area (Å²) in [5.41, 5.74) is 7.36. The lowest BCUT2D eigenvalue weighted by Gasteiger charge is -2.28. The Kier molecular flexibility index (Phi) is 4.71. The lowest BCUT2D eigenvalue weighted by Crippen LogP contribution is -2.42. The Morgan fingerprint density at radius 1 is 1.53 bits per heavy atom. The van der Waals surface area contributed by atoms with Crippen molar-refractivity contribution in [2.45, 2.75) is 18.6 Å². The van der Waals surface area contributed by atoms with Crippen LogP contribution in [0, 0.1) is 0 Å². The molecule has 1 saturated heterocycles. The molecular weight excluding hydrogens is 234 g/mol. The molecule has 3 nitrogen and oxygen atoms in total. The van der Waals surface area contributed by atoms with E-state index in [0.29, 0.717) is 0 Å². The van der Waals surface area contributed by atoms with Crippen molar-refractivity contribution in [1.82, 2.24) is 0 Å². The minimum Gasteiger partial charge on any atom is -0.496 e. The highest BCUT2D eigenvalue weighted by Crippen LogP contribution is 2.22. The van der Waals surface area contributed by atoms with E-state index in [4.69, 9.17) is 15.2 Å². The third-order valence-corrected chi connectivity index (χ3v) is 3.99. The molecule has 0 radical (unpaired) electrons. The van der Waals surface area contributed by atoms with Crippen molar-refractivity contribution in [2.75, 3.05) is 25.2 Å². The Balaban J connectivity index is 1.99. The lowest BCUT2D eigenvalue weighted by atomic mass is 10.0. The van der Waals surface area contributed by atoms with Gasteiger partial charge in [-0.15, -0.1) is 0 Å². The standard InChI is InChI=1S/C13H19NO2S/c1-15-12-5-3-2-4-10(12)8-11(14)13-9-17-7-6-16-13/h2-5,11,13H,6-9,14H2,1H3. The first-order chi connectivity index (χ1) is 8.31. The Hall–Kier alpha value is -0.710. The van der Waals surface area contributed by atoms with Gasteiger partial charge in [-0.05, 0) is 18.1 Å². The maximum Gasteiger partial charge on any atom is 0.122 e. The number of rotatable bonds is 4. The third-order valence-electron chi connectivity index (χ3n) is 2.97. The maximum atomic E-state index is 6.21. The normalized spacial score (nSPS) is 22.1. The van der Waals surface area contributed by atoms with Gasteiger partial charge in [0.25, 0.3) is 0 Å². The molecule has 0 aromatic heterocycles. The van der Waals surface area contributed by atoms with E-state index in [9.17, 15) is 0 Å². The van der Waals surface area contributed by atoms with Gasteiger partial charge in [-0.1, -0.05) is 18.2 Å². The van der Waals surface area contributed by atoms with Gasteiger partial charge >= 0.3 is 0 Å². The molecule has 1 aromatic carbocycles. The topological polar surface area (TPSA) is 44.5 Å². The predicted octanol–water partition coefficient (Wildman–Crippen LogP) is 1.70. The number of ether oxygens (including phenoxy) is 2. The van der Waals surface area contributed by atoms with Gasteiger partial charge in [0.2, 0.25) is 0 Å². The van der Waals surface area contributed by atoms with Gasteiger partial charge in [0.05, 0.1) is 19.8 Å². The predicted molar refractivity (Wildman–Crippen MR) is 71.7 cm³/mol. The van der Waals surface area contributed by atoms with Gasteiger partial charge in [-0.3, -0.25) is 0 Å². The Bertz CT molecular complexity index is 353. The van der Waals surface area contributed by atoms with Gasteiger partial charge in [0.1, 0.15) is 5.75 Å². The highest BCUT2D eigenvalue weighted by Gasteiger charge is 2.22. The van der Waals surface area contributed by atoms with Crippen LogP contribution in [0.25, 0.3) is 0 Å². The summed E-state index contributed by atoms with van der Waals surface area (Å²) >= 11 is 1.92. The molecule has 0 amide bonds. The highest BCUT2D eigenvalue weighted by atomic mass is 32.2. The molecule has 1 aliphatic rings. The number of para-hydroxylation sites is 1. The monoisotopic (exact) mass is 253 g/mol. The fraction of sp³-hybridized carbons (Fsp3) is 0.538. The Labute approximate surface area is 107 Å². The molecule has 0 bridgehead atoms. The van der Waals surface area contributed by atoms with Gasteiger partial charge in [-0.2, -0.15) is 11.8 Å². The summed E-state index contributed by atoms with van der Waals surface area (Å²) in [4.78, 5) is 0. The van der Waals surface area contributed by atoms with E-state index in [2.05, 4.69) is 6.07 Å². The molecule has 2 N–H and O–H groups in total. The molecule has 2 atom stereocenters. The third kappa shape index (κ3) is 3.37. The molecule has 17 heavy (non-hydrogen) atoms. The summed E-state index contributed by atoms with van der Waals surface area (Å²) in [6.45, 7) is 0.814. The first-order valence-electron chi connectivity index (χ1n) is 5.88. The van der Waals surface area contributed by atoms with Gasteiger partial charge in [-0.25, -0.2) is 0 Å². The van der Waals surface area contributed by atoms with Crippen LogP contribution in [0.3, 0.4) is 0 Å². The SMILES string of the molecule is COc1ccccc1CC(N)C1CSCCO1. The van der Waals surface area contributed by atoms with E-state index < -0.39 is 0 Å². The van der Waals surface area contributed by atoms with Crippen LogP contribution in [-0.2, 0) is 11.2 Å². The van der Waals surface area contributed by atoms with Crippen molar-refractivity contribution in [3.05, 3.63) is 29.8 Å². The minimum atomic E-state index is 0.0408. The molecule has 1 heterocycles. The van der Waals surface area contributed by atoms with Crippen LogP contribution in [0.15, 0.2) is 24.3 Å². The van der Waals surface area contributed by atoms with Gasteiger partial charge < -0.3 is 15.2 Å². The van der Waals surface area contributed by atoms with Crippen LogP contribution in [0.5, 0.6) is 5.75 Å². The van der Waals surface area contributed by atoms with Crippen LogP contribution in [-0.4, -0.2) is 37.4 Å². The van der Waals surface area contributed by atoms with E-state index in [1.165, 1.54) is 0 Å². The quantitative estimate of drug-likeness (QED) is 0.887. The van der Waals surface area contributed by atoms with Crippen molar-refractivity contribution in [1.29, 1.82) is 0 Å². The van der Waals surface area contributed by atoms with Crippen molar-refractivity contribution in [2.24, 2.45) is 5.73 Å². The molecule has 94 valence electrons. The minimum absolute atomic E-state index is 0.0408. The van der Waals surface area contributed by atoms with Crippen molar-refractivity contribution >= 4 is 11.8 Å². The molecule has 1 aliphatic heterocycles. The van der Waals surface area contributed by atoms with E-state index in [-0.39, 0.29) is 12.1 Å². The van der Waals surface area contributed by atoms with E-state index in [1.54, 1.807) is 7.11 Å². The van der Waals surface area contributed by atoms with Crippen LogP contribution < -0.4 is 10.5 Å². The van der Waals surface area contributed by atoms with Crippen LogP contribution in [0.1, 0.15) is 5.56 Å². The second-order valence-electron chi connectivity index (χ2n) is 4.16. The number of methoxy groups -OCH3 is 1. The fourth-order valence-electron chi connectivity index (χ4n) is 2.01. The Morgan fingerprint density at radius 2 is 2.35 bits per heavy atom. The van der Waals surface area contributed by atoms with Crippen molar-refractivity contribution < 1.29 is 9.47 Å². The zero-order valence-corrected chi connectivity index (χ0v) is 10.9. The molecule has 1 fully saturated rings. The van der Waals surface area contributed by atoms with E-state index >= 15 is 0 Å². The summed E-state index contributed by atoms with van der Waals surface area (Å²) in [6.07, 6.45) is 0.966. The van der Waals surface area contributed by atoms with Crippen molar-refractivity contribution in [3.8, 4) is 5.75 Å². The number of hydrogen-bond acceptors (Lipinski definition) is 4. The molecule has 2 rings (SSSR count). The summed E-state index contributed by atoms with van der Waals surface area (Å²) in [5, 5.41) is 0. The molecule has 0 spiro atoms. The van der Waals surface area contributed by atoms with Crippen molar-refractivity contribution in [3.63, 3.8) is 0 Å². The molecule has 4 heteroatoms.